The maximum Gasteiger partial charge on any atom is -0.0274 e. The first-order valence-corrected chi connectivity index (χ1v) is 11.4. The lowest BCUT2D eigenvalue weighted by atomic mass is 9.89. The Hall–Kier alpha value is -0.780. The van der Waals surface area contributed by atoms with Crippen molar-refractivity contribution in [2.45, 2.75) is 118 Å². The Kier molecular flexibility index (Phi) is 8.24. The maximum atomic E-state index is 2.47. The van der Waals surface area contributed by atoms with Gasteiger partial charge in [-0.15, -0.1) is 0 Å². The molecule has 1 aliphatic carbocycles. The van der Waals surface area contributed by atoms with Gasteiger partial charge in [-0.25, -0.2) is 0 Å². The maximum absolute atomic E-state index is 2.47. The number of hydrogen-bond acceptors (Lipinski definition) is 0. The molecule has 0 N–H and O–H groups in total. The van der Waals surface area contributed by atoms with Crippen LogP contribution in [0.3, 0.4) is 0 Å². The number of aryl methyl sites for hydroxylation is 2. The largest absolute Gasteiger partial charge is 0.0617 e. The topological polar surface area (TPSA) is 0 Å². The third kappa shape index (κ3) is 8.28. The van der Waals surface area contributed by atoms with Crippen molar-refractivity contribution >= 4 is 0 Å². The molecule has 0 atom stereocenters. The van der Waals surface area contributed by atoms with Crippen LogP contribution in [0.25, 0.3) is 0 Å². The molecule has 0 heteroatoms. The summed E-state index contributed by atoms with van der Waals surface area (Å²) in [6, 6.07) is 6.97. The van der Waals surface area contributed by atoms with Crippen LogP contribution in [0, 0.1) is 17.8 Å². The summed E-state index contributed by atoms with van der Waals surface area (Å²) < 4.78 is 0. The Labute approximate surface area is 164 Å². The van der Waals surface area contributed by atoms with Gasteiger partial charge in [0.1, 0.15) is 0 Å². The molecule has 0 aliphatic heterocycles. The molecule has 0 unspecified atom stereocenters. The lowest BCUT2D eigenvalue weighted by Crippen LogP contribution is -2.04. The van der Waals surface area contributed by atoms with Gasteiger partial charge in [-0.05, 0) is 85.8 Å². The molecular weight excluding hydrogens is 312 g/mol. The van der Waals surface area contributed by atoms with Crippen LogP contribution < -0.4 is 0 Å². The van der Waals surface area contributed by atoms with Crippen LogP contribution in [0.1, 0.15) is 115 Å². The fourth-order valence-corrected chi connectivity index (χ4v) is 4.17. The van der Waals surface area contributed by atoms with Gasteiger partial charge in [0, 0.05) is 0 Å². The summed E-state index contributed by atoms with van der Waals surface area (Å²) in [6.07, 6.45) is 18.1. The predicted molar refractivity (Wildman–Crippen MR) is 117 cm³/mol. The van der Waals surface area contributed by atoms with Crippen molar-refractivity contribution < 1.29 is 0 Å². The molecule has 0 spiro atoms. The third-order valence-electron chi connectivity index (χ3n) is 6.44. The quantitative estimate of drug-likeness (QED) is 0.329. The van der Waals surface area contributed by atoms with E-state index in [4.69, 9.17) is 0 Å². The second kappa shape index (κ2) is 9.95. The monoisotopic (exact) mass is 356 g/mol. The van der Waals surface area contributed by atoms with Crippen molar-refractivity contribution in [3.8, 4) is 0 Å². The Morgan fingerprint density at radius 3 is 2.19 bits per heavy atom. The normalized spacial score (nSPS) is 16.0. The van der Waals surface area contributed by atoms with Crippen LogP contribution >= 0.6 is 0 Å². The van der Waals surface area contributed by atoms with Crippen molar-refractivity contribution in [3.63, 3.8) is 0 Å². The van der Waals surface area contributed by atoms with Crippen molar-refractivity contribution in [1.82, 2.24) is 0 Å². The molecule has 1 fully saturated rings. The minimum Gasteiger partial charge on any atom is -0.0617 e. The first-order valence-electron chi connectivity index (χ1n) is 11.4. The van der Waals surface area contributed by atoms with E-state index >= 15 is 0 Å². The molecule has 0 aromatic heterocycles. The molecule has 1 aliphatic rings. The van der Waals surface area contributed by atoms with E-state index in [1.165, 1.54) is 89.0 Å². The van der Waals surface area contributed by atoms with E-state index in [-0.39, 0.29) is 0 Å². The van der Waals surface area contributed by atoms with Crippen LogP contribution in [-0.4, -0.2) is 0 Å². The Morgan fingerprint density at radius 1 is 0.846 bits per heavy atom. The summed E-state index contributed by atoms with van der Waals surface area (Å²) >= 11 is 0. The summed E-state index contributed by atoms with van der Waals surface area (Å²) in [6.45, 7) is 11.9. The van der Waals surface area contributed by atoms with Crippen LogP contribution in [0.4, 0.5) is 0 Å². The highest BCUT2D eigenvalue weighted by Gasteiger charge is 2.35. The molecule has 0 nitrogen and oxygen atoms in total. The lowest BCUT2D eigenvalue weighted by Gasteiger charge is -2.17. The predicted octanol–water partition coefficient (Wildman–Crippen LogP) is 8.44. The number of hydrogen-bond donors (Lipinski definition) is 0. The molecule has 0 saturated heterocycles. The summed E-state index contributed by atoms with van der Waals surface area (Å²) in [5.41, 5.74) is 6.05. The van der Waals surface area contributed by atoms with E-state index < -0.39 is 0 Å². The van der Waals surface area contributed by atoms with E-state index in [9.17, 15) is 0 Å². The standard InChI is InChI=1S/C26H44/c1-22-14-13-16-23(15-9-8-12-19-26(5)20-21-26)24(22)17-10-6-7-11-18-25(2,3)4/h13-14,16H,6-12,15,17-21H2,1-5H3. The molecule has 0 amide bonds. The van der Waals surface area contributed by atoms with E-state index in [2.05, 4.69) is 52.8 Å². The zero-order valence-electron chi connectivity index (χ0n) is 18.4. The SMILES string of the molecule is Cc1cccc(CCCCCC2(C)CC2)c1CCCCCCC(C)(C)C. The molecular formula is C26H44. The van der Waals surface area contributed by atoms with Crippen molar-refractivity contribution in [3.05, 3.63) is 34.9 Å². The molecule has 0 bridgehead atoms. The average Bonchev–Trinajstić information content (AvgIpc) is 3.29. The van der Waals surface area contributed by atoms with Gasteiger partial charge >= 0.3 is 0 Å². The molecule has 0 heterocycles. The van der Waals surface area contributed by atoms with Gasteiger partial charge in [0.2, 0.25) is 0 Å². The summed E-state index contributed by atoms with van der Waals surface area (Å²) in [5.74, 6) is 0. The Morgan fingerprint density at radius 2 is 1.50 bits per heavy atom. The van der Waals surface area contributed by atoms with Crippen LogP contribution in [0.5, 0.6) is 0 Å². The number of unbranched alkanes of at least 4 members (excludes halogenated alkanes) is 5. The van der Waals surface area contributed by atoms with Crippen molar-refractivity contribution in [2.24, 2.45) is 10.8 Å². The first-order chi connectivity index (χ1) is 12.3. The molecule has 148 valence electrons. The van der Waals surface area contributed by atoms with E-state index in [1.807, 2.05) is 0 Å². The van der Waals surface area contributed by atoms with Gasteiger partial charge in [-0.2, -0.15) is 0 Å². The highest BCUT2D eigenvalue weighted by molar-refractivity contribution is 5.34. The van der Waals surface area contributed by atoms with E-state index in [1.54, 1.807) is 11.1 Å². The van der Waals surface area contributed by atoms with Gasteiger partial charge in [-0.3, -0.25) is 0 Å². The van der Waals surface area contributed by atoms with Gasteiger partial charge in [-0.1, -0.05) is 78.0 Å². The number of benzene rings is 1. The second-order valence-corrected chi connectivity index (χ2v) is 10.6. The van der Waals surface area contributed by atoms with Gasteiger partial charge in [0.15, 0.2) is 0 Å². The molecule has 2 rings (SSSR count). The van der Waals surface area contributed by atoms with Gasteiger partial charge < -0.3 is 0 Å². The first kappa shape index (κ1) is 21.5. The van der Waals surface area contributed by atoms with Crippen LogP contribution in [0.2, 0.25) is 0 Å². The fraction of sp³-hybridized carbons (Fsp3) is 0.769. The van der Waals surface area contributed by atoms with E-state index in [0.29, 0.717) is 5.41 Å². The van der Waals surface area contributed by atoms with E-state index in [0.717, 1.165) is 5.41 Å². The Balaban J connectivity index is 1.68. The fourth-order valence-electron chi connectivity index (χ4n) is 4.17. The second-order valence-electron chi connectivity index (χ2n) is 10.6. The minimum absolute atomic E-state index is 0.500. The number of rotatable bonds is 12. The van der Waals surface area contributed by atoms with Gasteiger partial charge in [0.25, 0.3) is 0 Å². The van der Waals surface area contributed by atoms with Crippen LogP contribution in [-0.2, 0) is 12.8 Å². The van der Waals surface area contributed by atoms with Gasteiger partial charge in [0.05, 0.1) is 0 Å². The highest BCUT2D eigenvalue weighted by atomic mass is 14.4. The summed E-state index contributed by atoms with van der Waals surface area (Å²) in [5, 5.41) is 0. The third-order valence-corrected chi connectivity index (χ3v) is 6.44. The Bertz CT molecular complexity index is 527. The summed E-state index contributed by atoms with van der Waals surface area (Å²) in [4.78, 5) is 0. The molecule has 26 heavy (non-hydrogen) atoms. The highest BCUT2D eigenvalue weighted by Crippen LogP contribution is 2.49. The molecule has 1 saturated carbocycles. The summed E-state index contributed by atoms with van der Waals surface area (Å²) in [7, 11) is 0. The van der Waals surface area contributed by atoms with Crippen LogP contribution in [0.15, 0.2) is 18.2 Å². The molecule has 1 aromatic carbocycles. The van der Waals surface area contributed by atoms with Crippen molar-refractivity contribution in [2.75, 3.05) is 0 Å². The molecule has 1 aromatic rings. The lowest BCUT2D eigenvalue weighted by molar-refractivity contribution is 0.357. The average molecular weight is 357 g/mol. The zero-order chi connectivity index (χ0) is 19.0. The van der Waals surface area contributed by atoms with Crippen molar-refractivity contribution in [1.29, 1.82) is 0 Å². The minimum atomic E-state index is 0.500. The zero-order valence-corrected chi connectivity index (χ0v) is 18.4. The smallest absolute Gasteiger partial charge is 0.0274 e. The molecule has 0 radical (unpaired) electrons.